The summed E-state index contributed by atoms with van der Waals surface area (Å²) in [6.45, 7) is 2.10. The number of aliphatic imine (C=N–C) groups is 1. The number of rotatable bonds is 5. The molecule has 0 aromatic heterocycles. The fourth-order valence-corrected chi connectivity index (χ4v) is 2.51. The molecule has 0 fully saturated rings. The number of allylic oxidation sites excluding steroid dienone is 1. The molecule has 2 rings (SSSR count). The van der Waals surface area contributed by atoms with E-state index in [0.29, 0.717) is 5.56 Å². The summed E-state index contributed by atoms with van der Waals surface area (Å²) in [5.74, 6) is -0.417. The van der Waals surface area contributed by atoms with E-state index in [0.717, 1.165) is 5.56 Å². The lowest BCUT2D eigenvalue weighted by Gasteiger charge is -2.27. The quantitative estimate of drug-likeness (QED) is 0.401. The first-order valence-corrected chi connectivity index (χ1v) is 8.65. The van der Waals surface area contributed by atoms with Crippen molar-refractivity contribution in [3.8, 4) is 0 Å². The molecule has 2 atom stereocenters. The molecular weight excluding hydrogens is 387 g/mol. The minimum absolute atomic E-state index is 0.185. The third-order valence-corrected chi connectivity index (χ3v) is 4.18. The van der Waals surface area contributed by atoms with Crippen LogP contribution in [-0.4, -0.2) is 40.7 Å². The number of carbonyl (C=O) groups excluding carboxylic acids is 2. The first-order valence-electron chi connectivity index (χ1n) is 7.40. The highest BCUT2D eigenvalue weighted by Gasteiger charge is 2.29. The van der Waals surface area contributed by atoms with Gasteiger partial charge in [-0.3, -0.25) is 9.79 Å². The average molecular weight is 404 g/mol. The summed E-state index contributed by atoms with van der Waals surface area (Å²) in [4.78, 5) is 26.2. The number of hydrogen-bond acceptors (Lipinski definition) is 3. The van der Waals surface area contributed by atoms with Crippen molar-refractivity contribution in [2.24, 2.45) is 4.99 Å². The lowest BCUT2D eigenvalue weighted by Crippen LogP contribution is -2.58. The third kappa shape index (κ3) is 5.92. The molecule has 9 heteroatoms. The summed E-state index contributed by atoms with van der Waals surface area (Å²) in [6.07, 6.45) is 3.80. The number of benzene rings is 1. The fourth-order valence-electron chi connectivity index (χ4n) is 2.03. The summed E-state index contributed by atoms with van der Waals surface area (Å²) in [5.41, 5.74) is 1.44. The van der Waals surface area contributed by atoms with Gasteiger partial charge in [0.05, 0.1) is 6.54 Å². The Hall–Kier alpha value is -1.76. The van der Waals surface area contributed by atoms with Gasteiger partial charge in [-0.15, -0.1) is 23.2 Å². The van der Waals surface area contributed by atoms with Crippen molar-refractivity contribution in [1.82, 2.24) is 16.0 Å². The van der Waals surface area contributed by atoms with Gasteiger partial charge < -0.3 is 16.0 Å². The second-order valence-electron chi connectivity index (χ2n) is 5.46. The second-order valence-corrected chi connectivity index (χ2v) is 7.30. The van der Waals surface area contributed by atoms with Gasteiger partial charge in [0.15, 0.2) is 5.00 Å². The Labute approximate surface area is 160 Å². The number of halogens is 3. The minimum atomic E-state index is -1.14. The van der Waals surface area contributed by atoms with Crippen molar-refractivity contribution < 1.29 is 9.59 Å². The zero-order chi connectivity index (χ0) is 18.4. The van der Waals surface area contributed by atoms with Gasteiger partial charge in [0, 0.05) is 11.8 Å². The molecule has 0 saturated carbocycles. The van der Waals surface area contributed by atoms with Gasteiger partial charge in [0.1, 0.15) is 11.0 Å². The molecule has 3 N–H and O–H groups in total. The van der Waals surface area contributed by atoms with Gasteiger partial charge in [-0.25, -0.2) is 4.79 Å². The molecule has 1 aliphatic heterocycles. The Bertz CT molecular complexity index is 691. The molecule has 0 saturated heterocycles. The molecule has 134 valence electrons. The fraction of sp³-hybridized carbons (Fsp3) is 0.312. The molecule has 0 radical (unpaired) electrons. The molecular formula is C16H17Cl3N4O2. The molecule has 6 nitrogen and oxygen atoms in total. The highest BCUT2D eigenvalue weighted by Crippen LogP contribution is 2.16. The van der Waals surface area contributed by atoms with Crippen LogP contribution < -0.4 is 16.0 Å². The number of carbonyl (C=O) groups is 2. The largest absolute Gasteiger partial charge is 0.329 e. The standard InChI is InChI=1S/C16H17Cl3N4O2/c1-10-3-5-11(6-4-10)14(24)21-13(12(17)18)22-15(25)23-16(19)7-2-8-20-9-16/h2-8,12-13H,9H2,1H3,(H,21,24)(H2,22,23,25). The topological polar surface area (TPSA) is 82.6 Å². The van der Waals surface area contributed by atoms with Crippen molar-refractivity contribution in [2.75, 3.05) is 6.54 Å². The van der Waals surface area contributed by atoms with Crippen molar-refractivity contribution in [2.45, 2.75) is 22.9 Å². The van der Waals surface area contributed by atoms with E-state index in [4.69, 9.17) is 34.8 Å². The van der Waals surface area contributed by atoms with Crippen LogP contribution in [0.4, 0.5) is 4.79 Å². The number of aryl methyl sites for hydroxylation is 1. The maximum Gasteiger partial charge on any atom is 0.318 e. The Morgan fingerprint density at radius 1 is 1.20 bits per heavy atom. The van der Waals surface area contributed by atoms with E-state index in [-0.39, 0.29) is 6.54 Å². The van der Waals surface area contributed by atoms with Gasteiger partial charge in [0.2, 0.25) is 0 Å². The normalized spacial score (nSPS) is 20.2. The summed E-state index contributed by atoms with van der Waals surface area (Å²) in [5, 5.41) is 7.60. The molecule has 25 heavy (non-hydrogen) atoms. The van der Waals surface area contributed by atoms with Crippen LogP contribution in [0.1, 0.15) is 15.9 Å². The number of hydrogen-bond donors (Lipinski definition) is 3. The van der Waals surface area contributed by atoms with Gasteiger partial charge >= 0.3 is 6.03 Å². The Balaban J connectivity index is 1.97. The summed E-state index contributed by atoms with van der Waals surface area (Å²) >= 11 is 17.9. The summed E-state index contributed by atoms with van der Waals surface area (Å²) in [6, 6.07) is 6.29. The molecule has 2 unspecified atom stereocenters. The van der Waals surface area contributed by atoms with E-state index < -0.39 is 27.9 Å². The van der Waals surface area contributed by atoms with E-state index in [2.05, 4.69) is 20.9 Å². The highest BCUT2D eigenvalue weighted by atomic mass is 35.5. The molecule has 1 aromatic carbocycles. The van der Waals surface area contributed by atoms with Crippen LogP contribution in [0.5, 0.6) is 0 Å². The van der Waals surface area contributed by atoms with Crippen LogP contribution >= 0.6 is 34.8 Å². The van der Waals surface area contributed by atoms with Gasteiger partial charge in [-0.1, -0.05) is 29.3 Å². The zero-order valence-electron chi connectivity index (χ0n) is 13.3. The monoisotopic (exact) mass is 402 g/mol. The minimum Gasteiger partial charge on any atom is -0.329 e. The van der Waals surface area contributed by atoms with Gasteiger partial charge in [-0.05, 0) is 31.2 Å². The number of alkyl halides is 3. The van der Waals surface area contributed by atoms with E-state index in [1.165, 1.54) is 0 Å². The predicted molar refractivity (Wildman–Crippen MR) is 101 cm³/mol. The Morgan fingerprint density at radius 2 is 1.88 bits per heavy atom. The van der Waals surface area contributed by atoms with Crippen molar-refractivity contribution in [1.29, 1.82) is 0 Å². The highest BCUT2D eigenvalue weighted by molar-refractivity contribution is 6.45. The first-order chi connectivity index (χ1) is 11.8. The number of amides is 3. The number of nitrogens with zero attached hydrogens (tertiary/aromatic N) is 1. The van der Waals surface area contributed by atoms with Crippen LogP contribution in [0, 0.1) is 6.92 Å². The van der Waals surface area contributed by atoms with Crippen LogP contribution in [0.25, 0.3) is 0 Å². The lowest BCUT2D eigenvalue weighted by atomic mass is 10.1. The first kappa shape index (κ1) is 19.6. The number of urea groups is 1. The van der Waals surface area contributed by atoms with E-state index in [1.807, 2.05) is 6.92 Å². The predicted octanol–water partition coefficient (Wildman–Crippen LogP) is 2.73. The molecule has 1 aromatic rings. The average Bonchev–Trinajstić information content (AvgIpc) is 2.54. The van der Waals surface area contributed by atoms with E-state index in [1.54, 1.807) is 42.6 Å². The second kappa shape index (κ2) is 8.56. The smallest absolute Gasteiger partial charge is 0.318 e. The maximum atomic E-state index is 12.2. The number of dihydropyridines is 1. The van der Waals surface area contributed by atoms with Gasteiger partial charge in [0.25, 0.3) is 5.91 Å². The van der Waals surface area contributed by atoms with Crippen LogP contribution in [-0.2, 0) is 0 Å². The SMILES string of the molecule is Cc1ccc(C(=O)NC(NC(=O)NC2(Cl)C=CC=NC2)C(Cl)Cl)cc1. The zero-order valence-corrected chi connectivity index (χ0v) is 15.6. The van der Waals surface area contributed by atoms with Crippen LogP contribution in [0.3, 0.4) is 0 Å². The van der Waals surface area contributed by atoms with Gasteiger partial charge in [-0.2, -0.15) is 0 Å². The number of nitrogens with one attached hydrogen (secondary N) is 3. The van der Waals surface area contributed by atoms with Crippen molar-refractivity contribution in [3.05, 3.63) is 47.5 Å². The molecule has 0 bridgehead atoms. The van der Waals surface area contributed by atoms with E-state index in [9.17, 15) is 9.59 Å². The van der Waals surface area contributed by atoms with Crippen LogP contribution in [0.15, 0.2) is 41.4 Å². The summed E-state index contributed by atoms with van der Waals surface area (Å²) in [7, 11) is 0. The molecule has 0 aliphatic carbocycles. The molecule has 1 aliphatic rings. The third-order valence-electron chi connectivity index (χ3n) is 3.33. The van der Waals surface area contributed by atoms with Crippen molar-refractivity contribution >= 4 is 53.0 Å². The maximum absolute atomic E-state index is 12.2. The Morgan fingerprint density at radius 3 is 2.44 bits per heavy atom. The molecule has 1 heterocycles. The Kier molecular flexibility index (Phi) is 6.70. The molecule has 0 spiro atoms. The lowest BCUT2D eigenvalue weighted by molar-refractivity contribution is 0.0934. The summed E-state index contributed by atoms with van der Waals surface area (Å²) < 4.78 is 0. The molecule has 3 amide bonds. The van der Waals surface area contributed by atoms with E-state index >= 15 is 0 Å². The van der Waals surface area contributed by atoms with Crippen molar-refractivity contribution in [3.63, 3.8) is 0 Å². The van der Waals surface area contributed by atoms with Crippen LogP contribution in [0.2, 0.25) is 0 Å².